The van der Waals surface area contributed by atoms with Gasteiger partial charge < -0.3 is 10.1 Å². The number of benzene rings is 1. The average Bonchev–Trinajstić information content (AvgIpc) is 2.48. The van der Waals surface area contributed by atoms with Crippen molar-refractivity contribution in [3.05, 3.63) is 23.5 Å². The Morgan fingerprint density at radius 2 is 2.14 bits per heavy atom. The van der Waals surface area contributed by atoms with Gasteiger partial charge in [-0.3, -0.25) is 9.20 Å². The average molecular weight is 310 g/mol. The van der Waals surface area contributed by atoms with E-state index < -0.39 is 16.3 Å². The number of hydrogen-bond acceptors (Lipinski definition) is 4. The molecule has 4 nitrogen and oxygen atoms in total. The maximum Gasteiger partial charge on any atom is 0.162 e. The van der Waals surface area contributed by atoms with Crippen LogP contribution in [0.1, 0.15) is 37.7 Å². The molecule has 0 saturated heterocycles. The largest absolute Gasteiger partial charge is 0.480 e. The van der Waals surface area contributed by atoms with Crippen LogP contribution in [-0.2, 0) is 16.3 Å². The van der Waals surface area contributed by atoms with Crippen molar-refractivity contribution in [2.75, 3.05) is 17.5 Å². The highest BCUT2D eigenvalue weighted by Crippen LogP contribution is 2.49. The predicted octanol–water partition coefficient (Wildman–Crippen LogP) is 3.15. The normalized spacial score (nSPS) is 20.7. The van der Waals surface area contributed by atoms with Crippen LogP contribution < -0.4 is 10.1 Å². The van der Waals surface area contributed by atoms with E-state index in [1.165, 1.54) is 12.5 Å². The van der Waals surface area contributed by atoms with Gasteiger partial charge in [0.2, 0.25) is 0 Å². The molecule has 1 aromatic carbocycles. The number of ether oxygens (including phenoxy) is 1. The third kappa shape index (κ3) is 2.69. The van der Waals surface area contributed by atoms with E-state index in [0.717, 1.165) is 31.2 Å². The summed E-state index contributed by atoms with van der Waals surface area (Å²) in [5.74, 6) is 0.400. The first kappa shape index (κ1) is 14.5. The lowest BCUT2D eigenvalue weighted by Gasteiger charge is -2.38. The van der Waals surface area contributed by atoms with Crippen LogP contribution in [0.3, 0.4) is 0 Å². The molecule has 1 N–H and O–H groups in total. The standard InChI is InChI=1S/C15H19FN2O2S/c1-21(19)10-20-12-6-5-11(16)14-13(12)15(18-9-17-14)7-3-2-4-8-15/h5-6,9H,2-4,7-8,10H2,1H3,(H,17,18). The highest BCUT2D eigenvalue weighted by atomic mass is 32.2. The quantitative estimate of drug-likeness (QED) is 0.933. The van der Waals surface area contributed by atoms with Crippen LogP contribution in [0, 0.1) is 5.82 Å². The van der Waals surface area contributed by atoms with Crippen LogP contribution in [0.5, 0.6) is 5.75 Å². The number of nitrogens with zero attached hydrogens (tertiary/aromatic N) is 1. The second kappa shape index (κ2) is 5.75. The van der Waals surface area contributed by atoms with Crippen molar-refractivity contribution in [2.24, 2.45) is 4.99 Å². The Bertz CT molecular complexity index is 598. The minimum absolute atomic E-state index is 0.109. The maximum atomic E-state index is 14.1. The summed E-state index contributed by atoms with van der Waals surface area (Å²) in [5, 5.41) is 2.91. The van der Waals surface area contributed by atoms with Gasteiger partial charge in [0.05, 0.1) is 28.4 Å². The summed E-state index contributed by atoms with van der Waals surface area (Å²) in [6, 6.07) is 3.01. The number of fused-ring (bicyclic) bond motifs is 2. The first-order valence-electron chi connectivity index (χ1n) is 7.18. The Morgan fingerprint density at radius 1 is 1.38 bits per heavy atom. The van der Waals surface area contributed by atoms with E-state index >= 15 is 0 Å². The van der Waals surface area contributed by atoms with Crippen LogP contribution in [0.15, 0.2) is 17.1 Å². The summed E-state index contributed by atoms with van der Waals surface area (Å²) in [5.41, 5.74) is 0.840. The van der Waals surface area contributed by atoms with Crippen molar-refractivity contribution < 1.29 is 13.3 Å². The monoisotopic (exact) mass is 310 g/mol. The van der Waals surface area contributed by atoms with Crippen molar-refractivity contribution in [1.82, 2.24) is 0 Å². The zero-order chi connectivity index (χ0) is 14.9. The number of hydrogen-bond donors (Lipinski definition) is 1. The molecule has 0 radical (unpaired) electrons. The Labute approximate surface area is 126 Å². The lowest BCUT2D eigenvalue weighted by Crippen LogP contribution is -2.32. The Hall–Kier alpha value is -1.43. The molecule has 1 aromatic rings. The number of anilines is 1. The van der Waals surface area contributed by atoms with Gasteiger partial charge in [-0.05, 0) is 25.0 Å². The minimum Gasteiger partial charge on any atom is -0.480 e. The van der Waals surface area contributed by atoms with Gasteiger partial charge in [0, 0.05) is 11.8 Å². The zero-order valence-corrected chi connectivity index (χ0v) is 12.8. The summed E-state index contributed by atoms with van der Waals surface area (Å²) in [6.45, 7) is 0. The number of halogens is 1. The second-order valence-electron chi connectivity index (χ2n) is 5.63. The zero-order valence-electron chi connectivity index (χ0n) is 12.0. The summed E-state index contributed by atoms with van der Waals surface area (Å²) < 4.78 is 31.1. The van der Waals surface area contributed by atoms with Crippen LogP contribution in [0.2, 0.25) is 0 Å². The molecular formula is C15H19FN2O2S. The van der Waals surface area contributed by atoms with Gasteiger partial charge in [0.15, 0.2) is 5.94 Å². The Balaban J connectivity index is 2.06. The van der Waals surface area contributed by atoms with Crippen molar-refractivity contribution in [1.29, 1.82) is 0 Å². The molecule has 1 aliphatic heterocycles. The molecule has 1 aliphatic carbocycles. The molecule has 0 aromatic heterocycles. The van der Waals surface area contributed by atoms with Crippen molar-refractivity contribution in [3.63, 3.8) is 0 Å². The number of rotatable bonds is 3. The van der Waals surface area contributed by atoms with E-state index in [9.17, 15) is 8.60 Å². The second-order valence-corrected chi connectivity index (χ2v) is 7.01. The molecule has 1 saturated carbocycles. The smallest absolute Gasteiger partial charge is 0.162 e. The summed E-state index contributed by atoms with van der Waals surface area (Å²) in [7, 11) is -1.06. The van der Waals surface area contributed by atoms with Crippen molar-refractivity contribution in [2.45, 2.75) is 37.6 Å². The fourth-order valence-electron chi connectivity index (χ4n) is 3.23. The molecule has 3 rings (SSSR count). The third-order valence-corrected chi connectivity index (χ3v) is 4.61. The first-order chi connectivity index (χ1) is 10.1. The van der Waals surface area contributed by atoms with Gasteiger partial charge in [0.1, 0.15) is 11.6 Å². The maximum absolute atomic E-state index is 14.1. The van der Waals surface area contributed by atoms with Crippen LogP contribution in [0.4, 0.5) is 10.1 Å². The van der Waals surface area contributed by atoms with E-state index in [1.54, 1.807) is 18.7 Å². The highest BCUT2D eigenvalue weighted by molar-refractivity contribution is 7.84. The van der Waals surface area contributed by atoms with E-state index in [1.807, 2.05) is 0 Å². The predicted molar refractivity (Wildman–Crippen MR) is 82.8 cm³/mol. The fourth-order valence-corrected chi connectivity index (χ4v) is 3.52. The molecule has 1 atom stereocenters. The molecule has 1 heterocycles. The lowest BCUT2D eigenvalue weighted by molar-refractivity contribution is 0.287. The minimum atomic E-state index is -1.06. The molecule has 1 fully saturated rings. The summed E-state index contributed by atoms with van der Waals surface area (Å²) >= 11 is 0. The Kier molecular flexibility index (Phi) is 3.97. The molecule has 114 valence electrons. The van der Waals surface area contributed by atoms with E-state index in [-0.39, 0.29) is 11.8 Å². The molecule has 0 bridgehead atoms. The van der Waals surface area contributed by atoms with E-state index in [2.05, 4.69) is 10.3 Å². The van der Waals surface area contributed by atoms with Gasteiger partial charge >= 0.3 is 0 Å². The molecule has 1 unspecified atom stereocenters. The molecular weight excluding hydrogens is 291 g/mol. The SMILES string of the molecule is CS(=O)COc1ccc(F)c2c1C1(CCCCC1)N=CN2. The highest BCUT2D eigenvalue weighted by Gasteiger charge is 2.40. The molecule has 21 heavy (non-hydrogen) atoms. The van der Waals surface area contributed by atoms with Gasteiger partial charge in [-0.2, -0.15) is 0 Å². The topological polar surface area (TPSA) is 50.7 Å². The third-order valence-electron chi connectivity index (χ3n) is 4.16. The summed E-state index contributed by atoms with van der Waals surface area (Å²) in [4.78, 5) is 4.63. The van der Waals surface area contributed by atoms with Crippen LogP contribution >= 0.6 is 0 Å². The van der Waals surface area contributed by atoms with E-state index in [4.69, 9.17) is 4.74 Å². The van der Waals surface area contributed by atoms with Crippen molar-refractivity contribution in [3.8, 4) is 5.75 Å². The van der Waals surface area contributed by atoms with Crippen molar-refractivity contribution >= 4 is 22.8 Å². The molecule has 2 aliphatic rings. The Morgan fingerprint density at radius 3 is 2.86 bits per heavy atom. The lowest BCUT2D eigenvalue weighted by atomic mass is 9.75. The van der Waals surface area contributed by atoms with Crippen LogP contribution in [-0.4, -0.2) is 22.7 Å². The van der Waals surface area contributed by atoms with E-state index in [0.29, 0.717) is 11.4 Å². The number of aliphatic imine (C=N–C) groups is 1. The molecule has 1 spiro atoms. The first-order valence-corrected chi connectivity index (χ1v) is 8.91. The fraction of sp³-hybridized carbons (Fsp3) is 0.533. The molecule has 6 heteroatoms. The molecule has 0 amide bonds. The van der Waals surface area contributed by atoms with Crippen LogP contribution in [0.25, 0.3) is 0 Å². The van der Waals surface area contributed by atoms with Gasteiger partial charge in [-0.15, -0.1) is 0 Å². The van der Waals surface area contributed by atoms with Gasteiger partial charge in [-0.25, -0.2) is 4.39 Å². The van der Waals surface area contributed by atoms with Gasteiger partial charge in [0.25, 0.3) is 0 Å². The number of nitrogens with one attached hydrogen (secondary N) is 1. The summed E-state index contributed by atoms with van der Waals surface area (Å²) in [6.07, 6.45) is 8.31. The van der Waals surface area contributed by atoms with Gasteiger partial charge in [-0.1, -0.05) is 19.3 Å².